The minimum atomic E-state index is -0.588. The molecule has 3 rings (SSSR count). The number of carbonyl (C=O) groups is 1. The van der Waals surface area contributed by atoms with Crippen molar-refractivity contribution in [3.63, 3.8) is 0 Å². The first-order chi connectivity index (χ1) is 10.7. The van der Waals surface area contributed by atoms with Crippen LogP contribution in [0.25, 0.3) is 11.1 Å². The molecule has 0 saturated heterocycles. The standard InChI is InChI=1S/C14H11ClN4O3/c1-2-21-14(20)11-10-12(16-7-17-13(10)22-19-11)18-9-5-3-8(15)4-6-9/h3-7H,2H2,1H3,(H,16,17,18). The van der Waals surface area contributed by atoms with E-state index >= 15 is 0 Å². The number of nitrogens with one attached hydrogen (secondary N) is 1. The molecule has 0 atom stereocenters. The summed E-state index contributed by atoms with van der Waals surface area (Å²) in [7, 11) is 0. The fourth-order valence-corrected chi connectivity index (χ4v) is 2.02. The maximum atomic E-state index is 11.9. The number of hydrogen-bond acceptors (Lipinski definition) is 7. The molecule has 0 aliphatic carbocycles. The largest absolute Gasteiger partial charge is 0.461 e. The zero-order chi connectivity index (χ0) is 15.5. The van der Waals surface area contributed by atoms with Crippen molar-refractivity contribution in [2.75, 3.05) is 11.9 Å². The van der Waals surface area contributed by atoms with Gasteiger partial charge in [0.25, 0.3) is 5.71 Å². The summed E-state index contributed by atoms with van der Waals surface area (Å²) in [5, 5.41) is 7.79. The molecule has 22 heavy (non-hydrogen) atoms. The molecular weight excluding hydrogens is 308 g/mol. The number of nitrogens with zero attached hydrogens (tertiary/aromatic N) is 3. The van der Waals surface area contributed by atoms with Crippen molar-refractivity contribution in [2.45, 2.75) is 6.92 Å². The second kappa shape index (κ2) is 5.98. The first-order valence-corrected chi connectivity index (χ1v) is 6.87. The molecule has 7 nitrogen and oxygen atoms in total. The van der Waals surface area contributed by atoms with E-state index in [4.69, 9.17) is 20.9 Å². The quantitative estimate of drug-likeness (QED) is 0.739. The van der Waals surface area contributed by atoms with Crippen LogP contribution >= 0.6 is 11.6 Å². The predicted molar refractivity (Wildman–Crippen MR) is 80.3 cm³/mol. The molecule has 3 aromatic rings. The van der Waals surface area contributed by atoms with Crippen LogP contribution in [0.3, 0.4) is 0 Å². The third kappa shape index (κ3) is 2.71. The van der Waals surface area contributed by atoms with Crippen LogP contribution in [-0.4, -0.2) is 27.7 Å². The van der Waals surface area contributed by atoms with Crippen LogP contribution in [0, 0.1) is 0 Å². The van der Waals surface area contributed by atoms with Crippen LogP contribution in [0.4, 0.5) is 11.5 Å². The lowest BCUT2D eigenvalue weighted by Gasteiger charge is -2.06. The molecule has 0 amide bonds. The van der Waals surface area contributed by atoms with E-state index in [1.54, 1.807) is 31.2 Å². The molecule has 0 unspecified atom stereocenters. The summed E-state index contributed by atoms with van der Waals surface area (Å²) in [5.74, 6) is -0.188. The van der Waals surface area contributed by atoms with Gasteiger partial charge in [-0.3, -0.25) is 0 Å². The van der Waals surface area contributed by atoms with E-state index in [-0.39, 0.29) is 18.0 Å². The smallest absolute Gasteiger partial charge is 0.361 e. The molecule has 1 aromatic carbocycles. The Hall–Kier alpha value is -2.67. The average Bonchev–Trinajstić information content (AvgIpc) is 2.95. The number of benzene rings is 1. The van der Waals surface area contributed by atoms with E-state index in [1.165, 1.54) is 6.33 Å². The van der Waals surface area contributed by atoms with Crippen LogP contribution in [0.5, 0.6) is 0 Å². The van der Waals surface area contributed by atoms with Crippen molar-refractivity contribution in [1.82, 2.24) is 15.1 Å². The number of rotatable bonds is 4. The van der Waals surface area contributed by atoms with Crippen molar-refractivity contribution < 1.29 is 14.1 Å². The Kier molecular flexibility index (Phi) is 3.88. The van der Waals surface area contributed by atoms with Gasteiger partial charge in [-0.25, -0.2) is 9.78 Å². The Labute approximate surface area is 130 Å². The number of fused-ring (bicyclic) bond motifs is 1. The van der Waals surface area contributed by atoms with Gasteiger partial charge in [-0.15, -0.1) is 0 Å². The fraction of sp³-hybridized carbons (Fsp3) is 0.143. The molecule has 0 aliphatic rings. The van der Waals surface area contributed by atoms with Crippen molar-refractivity contribution in [1.29, 1.82) is 0 Å². The maximum Gasteiger partial charge on any atom is 0.361 e. The van der Waals surface area contributed by atoms with Gasteiger partial charge >= 0.3 is 5.97 Å². The average molecular weight is 319 g/mol. The number of ether oxygens (including phenoxy) is 1. The molecule has 0 fully saturated rings. The molecule has 0 aliphatic heterocycles. The van der Waals surface area contributed by atoms with Gasteiger partial charge in [-0.2, -0.15) is 4.98 Å². The topological polar surface area (TPSA) is 90.1 Å². The lowest BCUT2D eigenvalue weighted by Crippen LogP contribution is -2.06. The molecule has 1 N–H and O–H groups in total. The van der Waals surface area contributed by atoms with E-state index in [9.17, 15) is 4.79 Å². The Bertz CT molecular complexity index is 817. The number of esters is 1. The van der Waals surface area contributed by atoms with E-state index in [0.29, 0.717) is 16.2 Å². The van der Waals surface area contributed by atoms with Crippen molar-refractivity contribution in [3.05, 3.63) is 41.3 Å². The highest BCUT2D eigenvalue weighted by Gasteiger charge is 2.22. The maximum absolute atomic E-state index is 11.9. The minimum Gasteiger partial charge on any atom is -0.461 e. The Morgan fingerprint density at radius 1 is 1.32 bits per heavy atom. The van der Waals surface area contributed by atoms with Gasteiger partial charge in [0.1, 0.15) is 17.5 Å². The molecule has 0 spiro atoms. The Morgan fingerprint density at radius 3 is 2.82 bits per heavy atom. The molecule has 0 bridgehead atoms. The van der Waals surface area contributed by atoms with E-state index in [0.717, 1.165) is 5.69 Å². The number of carbonyl (C=O) groups excluding carboxylic acids is 1. The van der Waals surface area contributed by atoms with E-state index in [2.05, 4.69) is 20.4 Å². The molecule has 2 heterocycles. The lowest BCUT2D eigenvalue weighted by molar-refractivity contribution is 0.0517. The van der Waals surface area contributed by atoms with Crippen LogP contribution in [0.2, 0.25) is 5.02 Å². The summed E-state index contributed by atoms with van der Waals surface area (Å²) >= 11 is 5.85. The van der Waals surface area contributed by atoms with Gasteiger partial charge < -0.3 is 14.6 Å². The highest BCUT2D eigenvalue weighted by molar-refractivity contribution is 6.30. The summed E-state index contributed by atoms with van der Waals surface area (Å²) < 4.78 is 10.0. The number of anilines is 2. The lowest BCUT2D eigenvalue weighted by atomic mass is 10.2. The van der Waals surface area contributed by atoms with Crippen LogP contribution < -0.4 is 5.32 Å². The highest BCUT2D eigenvalue weighted by atomic mass is 35.5. The molecule has 0 saturated carbocycles. The monoisotopic (exact) mass is 318 g/mol. The van der Waals surface area contributed by atoms with Crippen molar-refractivity contribution in [3.8, 4) is 0 Å². The number of halogens is 1. The number of aromatic nitrogens is 3. The molecule has 112 valence electrons. The number of hydrogen-bond donors (Lipinski definition) is 1. The SMILES string of the molecule is CCOC(=O)c1noc2ncnc(Nc3ccc(Cl)cc3)c12. The van der Waals surface area contributed by atoms with Crippen LogP contribution in [-0.2, 0) is 4.74 Å². The zero-order valence-electron chi connectivity index (χ0n) is 11.5. The van der Waals surface area contributed by atoms with Crippen LogP contribution in [0.15, 0.2) is 35.1 Å². The third-order valence-corrected chi connectivity index (χ3v) is 3.10. The molecular formula is C14H11ClN4O3. The zero-order valence-corrected chi connectivity index (χ0v) is 12.3. The third-order valence-electron chi connectivity index (χ3n) is 2.85. The molecule has 8 heteroatoms. The van der Waals surface area contributed by atoms with Gasteiger partial charge in [-0.05, 0) is 31.2 Å². The van der Waals surface area contributed by atoms with Crippen LogP contribution in [0.1, 0.15) is 17.4 Å². The van der Waals surface area contributed by atoms with Crippen molar-refractivity contribution in [2.24, 2.45) is 0 Å². The summed E-state index contributed by atoms with van der Waals surface area (Å²) in [6, 6.07) is 7.05. The fourth-order valence-electron chi connectivity index (χ4n) is 1.89. The van der Waals surface area contributed by atoms with Gasteiger partial charge in [0.05, 0.1) is 6.61 Å². The van der Waals surface area contributed by atoms with Gasteiger partial charge in [0, 0.05) is 10.7 Å². The van der Waals surface area contributed by atoms with E-state index in [1.807, 2.05) is 0 Å². The normalized spacial score (nSPS) is 10.6. The van der Waals surface area contributed by atoms with Gasteiger partial charge in [-0.1, -0.05) is 16.8 Å². The van der Waals surface area contributed by atoms with Gasteiger partial charge in [0.2, 0.25) is 5.69 Å². The summed E-state index contributed by atoms with van der Waals surface area (Å²) in [5.41, 5.74) is 0.990. The second-order valence-electron chi connectivity index (χ2n) is 4.29. The summed E-state index contributed by atoms with van der Waals surface area (Å²) in [4.78, 5) is 20.0. The van der Waals surface area contributed by atoms with Crippen molar-refractivity contribution >= 4 is 40.2 Å². The molecule has 2 aromatic heterocycles. The van der Waals surface area contributed by atoms with Gasteiger partial charge in [0.15, 0.2) is 0 Å². The summed E-state index contributed by atoms with van der Waals surface area (Å²) in [6.07, 6.45) is 1.32. The predicted octanol–water partition coefficient (Wildman–Crippen LogP) is 3.19. The minimum absolute atomic E-state index is 0.0360. The first-order valence-electron chi connectivity index (χ1n) is 6.49. The second-order valence-corrected chi connectivity index (χ2v) is 4.72. The highest BCUT2D eigenvalue weighted by Crippen LogP contribution is 2.27. The summed E-state index contributed by atoms with van der Waals surface area (Å²) in [6.45, 7) is 1.95. The van der Waals surface area contributed by atoms with E-state index < -0.39 is 5.97 Å². The first kappa shape index (κ1) is 14.3. The molecule has 0 radical (unpaired) electrons. The Balaban J connectivity index is 2.03. The Morgan fingerprint density at radius 2 is 2.09 bits per heavy atom.